The summed E-state index contributed by atoms with van der Waals surface area (Å²) in [5.74, 6) is -1.16. The number of carbonyl (C=O) groups excluding carboxylic acids is 4. The molecule has 14 heteroatoms. The van der Waals surface area contributed by atoms with Crippen molar-refractivity contribution in [3.05, 3.63) is 77.4 Å². The molecule has 1 aliphatic carbocycles. The van der Waals surface area contributed by atoms with E-state index in [9.17, 15) is 29.1 Å². The first-order chi connectivity index (χ1) is 26.3. The number of hydrogen-bond donors (Lipinski definition) is 4. The Morgan fingerprint density at radius 2 is 1.51 bits per heavy atom. The van der Waals surface area contributed by atoms with E-state index in [1.807, 2.05) is 39.0 Å². The van der Waals surface area contributed by atoms with Gasteiger partial charge in [0.15, 0.2) is 11.5 Å². The smallest absolute Gasteiger partial charge is 0.328 e. The first kappa shape index (κ1) is 40.4. The summed E-state index contributed by atoms with van der Waals surface area (Å²) in [5.41, 5.74) is 1.94. The van der Waals surface area contributed by atoms with Crippen molar-refractivity contribution in [3.63, 3.8) is 0 Å². The predicted octanol–water partition coefficient (Wildman–Crippen LogP) is 6.88. The molecule has 1 aliphatic heterocycles. The number of urea groups is 2. The molecule has 1 spiro atoms. The maximum Gasteiger partial charge on any atom is 0.328 e. The normalized spacial score (nSPS) is 16.1. The Morgan fingerprint density at radius 3 is 2.15 bits per heavy atom. The lowest BCUT2D eigenvalue weighted by Crippen LogP contribution is -2.53. The molecule has 1 heterocycles. The van der Waals surface area contributed by atoms with Gasteiger partial charge in [0.25, 0.3) is 5.91 Å². The van der Waals surface area contributed by atoms with Crippen LogP contribution in [0.1, 0.15) is 81.5 Å². The van der Waals surface area contributed by atoms with Gasteiger partial charge in [-0.2, -0.15) is 0 Å². The molecule has 0 unspecified atom stereocenters. The predicted molar refractivity (Wildman–Crippen MR) is 206 cm³/mol. The van der Waals surface area contributed by atoms with E-state index in [0.717, 1.165) is 29.7 Å². The Balaban J connectivity index is 1.43. The van der Waals surface area contributed by atoms with E-state index in [0.29, 0.717) is 52.6 Å². The van der Waals surface area contributed by atoms with Crippen LogP contribution in [0.25, 0.3) is 0 Å². The van der Waals surface area contributed by atoms with Gasteiger partial charge < -0.3 is 40.2 Å². The van der Waals surface area contributed by atoms with E-state index in [-0.39, 0.29) is 18.9 Å². The van der Waals surface area contributed by atoms with Crippen LogP contribution >= 0.6 is 0 Å². The van der Waals surface area contributed by atoms with Gasteiger partial charge in [0, 0.05) is 12.2 Å². The van der Waals surface area contributed by atoms with Crippen molar-refractivity contribution >= 4 is 41.2 Å². The highest BCUT2D eigenvalue weighted by atomic mass is 16.5. The standard InChI is InChI=1S/C41H51N5O9/c1-25(2)20-32(37(49)42-31(23-36(47)48)28-15-17-33(53-4)35(22-28)55-6)46-38(50)41(18-10-7-11-19-41)45(40(46)52)24-27-14-16-30(34(21-27)54-5)44-39(51)43-29-13-9-8-12-26(29)3/h8-9,12-17,21-22,25,31-32H,7,10-11,18-20,23-24H2,1-6H3,(H,42,49)(H,47,48)(H2,43,44,51)/t31-,32-/m0/s1. The number of benzene rings is 3. The number of nitrogens with one attached hydrogen (secondary N) is 3. The highest BCUT2D eigenvalue weighted by Gasteiger charge is 2.59. The molecule has 0 radical (unpaired) electrons. The number of carbonyl (C=O) groups is 5. The summed E-state index contributed by atoms with van der Waals surface area (Å²) in [5, 5.41) is 18.3. The molecule has 4 N–H and O–H groups in total. The van der Waals surface area contributed by atoms with Crippen LogP contribution in [0.3, 0.4) is 0 Å². The number of amides is 6. The Labute approximate surface area is 321 Å². The fourth-order valence-electron chi connectivity index (χ4n) is 7.50. The number of rotatable bonds is 15. The van der Waals surface area contributed by atoms with Crippen LogP contribution in [-0.2, 0) is 20.9 Å². The summed E-state index contributed by atoms with van der Waals surface area (Å²) in [7, 11) is 4.41. The van der Waals surface area contributed by atoms with Gasteiger partial charge in [0.1, 0.15) is 17.3 Å². The molecule has 1 saturated heterocycles. The van der Waals surface area contributed by atoms with Crippen LogP contribution in [0.4, 0.5) is 21.0 Å². The SMILES string of the molecule is COc1cc(CN2C(=O)N([C@@H](CC(C)C)C(=O)N[C@@H](CC(=O)O)c3ccc(OC)c(OC)c3)C(=O)C23CCCCC3)ccc1NC(=O)Nc1ccccc1C. The zero-order valence-corrected chi connectivity index (χ0v) is 32.3. The zero-order chi connectivity index (χ0) is 39.9. The monoisotopic (exact) mass is 757 g/mol. The summed E-state index contributed by atoms with van der Waals surface area (Å²) >= 11 is 0. The summed E-state index contributed by atoms with van der Waals surface area (Å²) in [6.45, 7) is 5.73. The second-order valence-electron chi connectivity index (χ2n) is 14.5. The summed E-state index contributed by atoms with van der Waals surface area (Å²) in [4.78, 5) is 71.1. The van der Waals surface area contributed by atoms with Crippen LogP contribution in [0.5, 0.6) is 17.2 Å². The van der Waals surface area contributed by atoms with Gasteiger partial charge in [-0.25, -0.2) is 14.5 Å². The topological polar surface area (TPSA) is 176 Å². The fraction of sp³-hybridized carbons (Fsp3) is 0.439. The van der Waals surface area contributed by atoms with Crippen molar-refractivity contribution in [2.24, 2.45) is 5.92 Å². The highest BCUT2D eigenvalue weighted by molar-refractivity contribution is 6.10. The van der Waals surface area contributed by atoms with Crippen molar-refractivity contribution < 1.29 is 43.3 Å². The number of aryl methyl sites for hydroxylation is 1. The third kappa shape index (κ3) is 8.96. The Morgan fingerprint density at radius 1 is 0.836 bits per heavy atom. The van der Waals surface area contributed by atoms with E-state index in [1.165, 1.54) is 21.3 Å². The molecule has 0 bridgehead atoms. The van der Waals surface area contributed by atoms with Gasteiger partial charge in [-0.05, 0) is 79.1 Å². The van der Waals surface area contributed by atoms with Crippen molar-refractivity contribution in [3.8, 4) is 17.2 Å². The number of carboxylic acid groups (broad SMARTS) is 1. The third-order valence-electron chi connectivity index (χ3n) is 10.3. The van der Waals surface area contributed by atoms with E-state index in [2.05, 4.69) is 16.0 Å². The number of para-hydroxylation sites is 1. The number of ether oxygens (including phenoxy) is 3. The van der Waals surface area contributed by atoms with Gasteiger partial charge in [0.2, 0.25) is 5.91 Å². The minimum absolute atomic E-state index is 0.0520. The molecule has 2 fully saturated rings. The Kier molecular flexibility index (Phi) is 12.9. The third-order valence-corrected chi connectivity index (χ3v) is 10.3. The molecule has 14 nitrogen and oxygen atoms in total. The lowest BCUT2D eigenvalue weighted by atomic mass is 9.80. The molecule has 3 aromatic rings. The molecule has 3 aromatic carbocycles. The van der Waals surface area contributed by atoms with Gasteiger partial charge in [-0.15, -0.1) is 0 Å². The van der Waals surface area contributed by atoms with Gasteiger partial charge in [-0.3, -0.25) is 14.4 Å². The largest absolute Gasteiger partial charge is 0.495 e. The van der Waals surface area contributed by atoms with Crippen LogP contribution in [-0.4, -0.2) is 77.7 Å². The van der Waals surface area contributed by atoms with E-state index < -0.39 is 53.9 Å². The van der Waals surface area contributed by atoms with Crippen molar-refractivity contribution in [2.75, 3.05) is 32.0 Å². The highest BCUT2D eigenvalue weighted by Crippen LogP contribution is 2.43. The van der Waals surface area contributed by atoms with E-state index in [1.54, 1.807) is 47.4 Å². The molecule has 2 aliphatic rings. The molecule has 294 valence electrons. The van der Waals surface area contributed by atoms with Crippen molar-refractivity contribution in [1.82, 2.24) is 15.1 Å². The summed E-state index contributed by atoms with van der Waals surface area (Å²) in [6, 6.07) is 14.2. The van der Waals surface area contributed by atoms with Crippen LogP contribution < -0.4 is 30.2 Å². The lowest BCUT2D eigenvalue weighted by Gasteiger charge is -2.38. The summed E-state index contributed by atoms with van der Waals surface area (Å²) < 4.78 is 16.4. The van der Waals surface area contributed by atoms with Crippen LogP contribution in [0.2, 0.25) is 0 Å². The van der Waals surface area contributed by atoms with Gasteiger partial charge in [0.05, 0.1) is 39.5 Å². The van der Waals surface area contributed by atoms with E-state index >= 15 is 0 Å². The Bertz CT molecular complexity index is 1910. The molecule has 2 atom stereocenters. The number of carboxylic acids is 1. The van der Waals surface area contributed by atoms with Gasteiger partial charge in [-0.1, -0.05) is 63.4 Å². The minimum atomic E-state index is -1.20. The molecular weight excluding hydrogens is 706 g/mol. The summed E-state index contributed by atoms with van der Waals surface area (Å²) in [6.07, 6.45) is 2.96. The number of methoxy groups -OCH3 is 3. The number of aliphatic carboxylic acids is 1. The maximum atomic E-state index is 14.7. The van der Waals surface area contributed by atoms with Gasteiger partial charge >= 0.3 is 18.0 Å². The quantitative estimate of drug-likeness (QED) is 0.121. The lowest BCUT2D eigenvalue weighted by molar-refractivity contribution is -0.142. The molecule has 0 aromatic heterocycles. The average molecular weight is 758 g/mol. The minimum Gasteiger partial charge on any atom is -0.495 e. The van der Waals surface area contributed by atoms with Crippen LogP contribution in [0, 0.1) is 12.8 Å². The molecular formula is C41H51N5O9. The fourth-order valence-corrected chi connectivity index (χ4v) is 7.50. The van der Waals surface area contributed by atoms with E-state index in [4.69, 9.17) is 14.2 Å². The van der Waals surface area contributed by atoms with Crippen LogP contribution in [0.15, 0.2) is 60.7 Å². The maximum absolute atomic E-state index is 14.7. The van der Waals surface area contributed by atoms with Crippen molar-refractivity contribution in [1.29, 1.82) is 0 Å². The van der Waals surface area contributed by atoms with Crippen molar-refractivity contribution in [2.45, 2.75) is 89.9 Å². The molecule has 5 rings (SSSR count). The molecule has 55 heavy (non-hydrogen) atoms. The Hall–Kier alpha value is -5.79. The molecule has 1 saturated carbocycles. The number of nitrogens with zero attached hydrogens (tertiary/aromatic N) is 2. The second kappa shape index (κ2) is 17.6. The average Bonchev–Trinajstić information content (AvgIpc) is 3.34. The number of hydrogen-bond acceptors (Lipinski definition) is 8. The first-order valence-corrected chi connectivity index (χ1v) is 18.5. The zero-order valence-electron chi connectivity index (χ0n) is 32.3. The second-order valence-corrected chi connectivity index (χ2v) is 14.5. The first-order valence-electron chi connectivity index (χ1n) is 18.5. The molecule has 6 amide bonds. The number of imide groups is 1. The number of anilines is 2.